The molecule has 2 aliphatic heterocycles. The average Bonchev–Trinajstić information content (AvgIpc) is 3.42. The predicted octanol–water partition coefficient (Wildman–Crippen LogP) is 1.66. The maximum Gasteiger partial charge on any atom is 0.270 e. The fourth-order valence-electron chi connectivity index (χ4n) is 4.65. The van der Waals surface area contributed by atoms with Gasteiger partial charge in [-0.3, -0.25) is 14.3 Å². The zero-order chi connectivity index (χ0) is 22.1. The summed E-state index contributed by atoms with van der Waals surface area (Å²) in [6, 6.07) is 11.6. The van der Waals surface area contributed by atoms with Gasteiger partial charge in [-0.25, -0.2) is 0 Å². The zero-order valence-corrected chi connectivity index (χ0v) is 18.0. The van der Waals surface area contributed by atoms with Gasteiger partial charge in [0.15, 0.2) is 5.82 Å². The molecule has 1 fully saturated rings. The van der Waals surface area contributed by atoms with Crippen molar-refractivity contribution < 1.29 is 14.7 Å². The third-order valence-electron chi connectivity index (χ3n) is 6.47. The number of carbonyl (C=O) groups is 2. The van der Waals surface area contributed by atoms with Crippen LogP contribution < -0.4 is 5.32 Å². The van der Waals surface area contributed by atoms with E-state index in [9.17, 15) is 9.59 Å². The highest BCUT2D eigenvalue weighted by atomic mass is 16.3. The number of para-hydroxylation sites is 1. The van der Waals surface area contributed by atoms with Crippen molar-refractivity contribution in [1.29, 1.82) is 0 Å². The second-order valence-corrected chi connectivity index (χ2v) is 8.57. The second-order valence-electron chi connectivity index (χ2n) is 8.57. The second kappa shape index (κ2) is 8.76. The Kier molecular flexibility index (Phi) is 5.67. The first-order chi connectivity index (χ1) is 15.6. The molecule has 2 aliphatic rings. The van der Waals surface area contributed by atoms with Crippen LogP contribution in [0.5, 0.6) is 0 Å². The maximum absolute atomic E-state index is 13.0. The third-order valence-corrected chi connectivity index (χ3v) is 6.47. The van der Waals surface area contributed by atoms with Crippen molar-refractivity contribution >= 4 is 28.5 Å². The van der Waals surface area contributed by atoms with E-state index >= 15 is 0 Å². The Labute approximate surface area is 186 Å². The van der Waals surface area contributed by atoms with Gasteiger partial charge in [0.25, 0.3) is 5.91 Å². The standard InChI is InChI=1S/C23H28N6O3/c30-12-11-27-7-5-16(6-8-27)22(31)25-21-14-18-15-28(9-10-29(18)26-21)23(32)20-13-17-3-1-2-4-19(17)24-20/h1-4,13-14,16,24,30H,5-12,15H2,(H,25,26,31). The maximum atomic E-state index is 13.0. The van der Waals surface area contributed by atoms with Crippen LogP contribution in [0.25, 0.3) is 10.9 Å². The van der Waals surface area contributed by atoms with Crippen LogP contribution in [0, 0.1) is 5.92 Å². The summed E-state index contributed by atoms with van der Waals surface area (Å²) < 4.78 is 1.87. The molecule has 9 heteroatoms. The number of fused-ring (bicyclic) bond motifs is 2. The molecule has 0 bridgehead atoms. The molecule has 3 N–H and O–H groups in total. The van der Waals surface area contributed by atoms with Crippen LogP contribution in [-0.2, 0) is 17.9 Å². The van der Waals surface area contributed by atoms with E-state index in [-0.39, 0.29) is 24.3 Å². The first kappa shape index (κ1) is 20.7. The number of rotatable bonds is 5. The lowest BCUT2D eigenvalue weighted by Crippen LogP contribution is -2.39. The predicted molar refractivity (Wildman–Crippen MR) is 120 cm³/mol. The third kappa shape index (κ3) is 4.13. The van der Waals surface area contributed by atoms with Crippen molar-refractivity contribution in [3.05, 3.63) is 47.8 Å². The number of aliphatic hydroxyl groups is 1. The van der Waals surface area contributed by atoms with Crippen molar-refractivity contribution in [2.45, 2.75) is 25.9 Å². The molecule has 0 aliphatic carbocycles. The molecular formula is C23H28N6O3. The van der Waals surface area contributed by atoms with Gasteiger partial charge in [0, 0.05) is 36.0 Å². The summed E-state index contributed by atoms with van der Waals surface area (Å²) in [5, 5.41) is 17.6. The van der Waals surface area contributed by atoms with Gasteiger partial charge in [-0.2, -0.15) is 5.10 Å². The molecule has 32 heavy (non-hydrogen) atoms. The van der Waals surface area contributed by atoms with Gasteiger partial charge < -0.3 is 25.2 Å². The van der Waals surface area contributed by atoms with Crippen molar-refractivity contribution in [2.24, 2.45) is 5.92 Å². The number of hydrogen-bond acceptors (Lipinski definition) is 5. The van der Waals surface area contributed by atoms with Crippen molar-refractivity contribution in [2.75, 3.05) is 38.1 Å². The highest BCUT2D eigenvalue weighted by Crippen LogP contribution is 2.23. The highest BCUT2D eigenvalue weighted by Gasteiger charge is 2.27. The van der Waals surface area contributed by atoms with Gasteiger partial charge >= 0.3 is 0 Å². The molecule has 2 aromatic heterocycles. The Bertz CT molecular complexity index is 1090. The van der Waals surface area contributed by atoms with Gasteiger partial charge in [-0.15, -0.1) is 0 Å². The van der Waals surface area contributed by atoms with E-state index in [1.54, 1.807) is 0 Å². The van der Waals surface area contributed by atoms with Gasteiger partial charge in [0.2, 0.25) is 5.91 Å². The molecule has 1 aromatic carbocycles. The van der Waals surface area contributed by atoms with Crippen LogP contribution in [0.15, 0.2) is 36.4 Å². The molecule has 0 unspecified atom stereocenters. The minimum absolute atomic E-state index is 0.00453. The minimum Gasteiger partial charge on any atom is -0.395 e. The van der Waals surface area contributed by atoms with Crippen LogP contribution in [0.3, 0.4) is 0 Å². The lowest BCUT2D eigenvalue weighted by atomic mass is 9.96. The van der Waals surface area contributed by atoms with Gasteiger partial charge in [-0.1, -0.05) is 18.2 Å². The number of nitrogens with zero attached hydrogens (tertiary/aromatic N) is 4. The highest BCUT2D eigenvalue weighted by molar-refractivity contribution is 5.98. The fraction of sp³-hybridized carbons (Fsp3) is 0.435. The summed E-state index contributed by atoms with van der Waals surface area (Å²) in [5.41, 5.74) is 2.44. The lowest BCUT2D eigenvalue weighted by Gasteiger charge is -2.30. The molecular weight excluding hydrogens is 408 g/mol. The number of carbonyl (C=O) groups excluding carboxylic acids is 2. The number of likely N-dealkylation sites (tertiary alicyclic amines) is 1. The molecule has 3 aromatic rings. The molecule has 0 radical (unpaired) electrons. The Morgan fingerprint density at radius 1 is 1.12 bits per heavy atom. The van der Waals surface area contributed by atoms with E-state index in [0.29, 0.717) is 37.7 Å². The Balaban J connectivity index is 1.21. The topological polar surface area (TPSA) is 106 Å². The number of H-pyrrole nitrogens is 1. The van der Waals surface area contributed by atoms with E-state index in [2.05, 4.69) is 20.3 Å². The van der Waals surface area contributed by atoms with Crippen LogP contribution >= 0.6 is 0 Å². The number of amides is 2. The van der Waals surface area contributed by atoms with Crippen LogP contribution in [0.4, 0.5) is 5.82 Å². The molecule has 0 spiro atoms. The summed E-state index contributed by atoms with van der Waals surface area (Å²) >= 11 is 0. The monoisotopic (exact) mass is 436 g/mol. The SMILES string of the molecule is O=C(Nc1cc2n(n1)CCN(C(=O)c1cc3ccccc3[nH]1)C2)C1CCN(CCO)CC1. The quantitative estimate of drug-likeness (QED) is 0.564. The summed E-state index contributed by atoms with van der Waals surface area (Å²) in [6.07, 6.45) is 1.57. The van der Waals surface area contributed by atoms with Crippen molar-refractivity contribution in [3.63, 3.8) is 0 Å². The summed E-state index contributed by atoms with van der Waals surface area (Å²) in [5.74, 6) is 0.468. The molecule has 0 saturated carbocycles. The number of anilines is 1. The van der Waals surface area contributed by atoms with Crippen molar-refractivity contribution in [1.82, 2.24) is 24.6 Å². The van der Waals surface area contributed by atoms with E-state index < -0.39 is 0 Å². The first-order valence-corrected chi connectivity index (χ1v) is 11.2. The number of aromatic amines is 1. The molecule has 168 valence electrons. The fourth-order valence-corrected chi connectivity index (χ4v) is 4.65. The molecule has 0 atom stereocenters. The van der Waals surface area contributed by atoms with E-state index in [1.807, 2.05) is 46.0 Å². The van der Waals surface area contributed by atoms with Gasteiger partial charge in [0.1, 0.15) is 5.69 Å². The number of piperidine rings is 1. The first-order valence-electron chi connectivity index (χ1n) is 11.2. The van der Waals surface area contributed by atoms with Crippen LogP contribution in [0.2, 0.25) is 0 Å². The molecule has 9 nitrogen and oxygen atoms in total. The van der Waals surface area contributed by atoms with E-state index in [1.165, 1.54) is 0 Å². The Morgan fingerprint density at radius 2 is 1.94 bits per heavy atom. The largest absolute Gasteiger partial charge is 0.395 e. The molecule has 5 rings (SSSR count). The number of aliphatic hydroxyl groups excluding tert-OH is 1. The van der Waals surface area contributed by atoms with Crippen molar-refractivity contribution in [3.8, 4) is 0 Å². The normalized spacial score (nSPS) is 17.5. The molecule has 4 heterocycles. The smallest absolute Gasteiger partial charge is 0.270 e. The Hall–Kier alpha value is -3.17. The molecule has 2 amide bonds. The lowest BCUT2D eigenvalue weighted by molar-refractivity contribution is -0.121. The number of nitrogens with one attached hydrogen (secondary N) is 2. The zero-order valence-electron chi connectivity index (χ0n) is 18.0. The number of aromatic nitrogens is 3. The number of benzene rings is 1. The van der Waals surface area contributed by atoms with Crippen LogP contribution in [0.1, 0.15) is 29.0 Å². The van der Waals surface area contributed by atoms with Gasteiger partial charge in [0.05, 0.1) is 25.4 Å². The minimum atomic E-state index is -0.0382. The van der Waals surface area contributed by atoms with Gasteiger partial charge in [-0.05, 0) is 38.1 Å². The van der Waals surface area contributed by atoms with E-state index in [4.69, 9.17) is 5.11 Å². The number of hydrogen-bond donors (Lipinski definition) is 3. The van der Waals surface area contributed by atoms with Crippen LogP contribution in [-0.4, -0.2) is 74.3 Å². The summed E-state index contributed by atoms with van der Waals surface area (Å²) in [7, 11) is 0. The number of β-amino-alcohol motifs (C(OH)–C–C–N with tert-alkyl or cyclic N) is 1. The molecule has 1 saturated heterocycles. The summed E-state index contributed by atoms with van der Waals surface area (Å²) in [4.78, 5) is 32.9. The Morgan fingerprint density at radius 3 is 2.72 bits per heavy atom. The average molecular weight is 437 g/mol. The summed E-state index contributed by atoms with van der Waals surface area (Å²) in [6.45, 7) is 4.08. The van der Waals surface area contributed by atoms with E-state index in [0.717, 1.165) is 42.5 Å².